The minimum absolute atomic E-state index is 0.0241. The predicted octanol–water partition coefficient (Wildman–Crippen LogP) is 2.47. The quantitative estimate of drug-likeness (QED) is 0.445. The molecule has 2 aliphatic heterocycles. The smallest absolute Gasteiger partial charge is 0.337 e. The highest BCUT2D eigenvalue weighted by Crippen LogP contribution is 2.52. The first kappa shape index (κ1) is 13.9. The number of fused-ring (bicyclic) bond motifs is 3. The molecule has 0 aromatic rings. The van der Waals surface area contributed by atoms with Crippen molar-refractivity contribution in [2.75, 3.05) is 0 Å². The molecule has 0 aromatic carbocycles. The lowest BCUT2D eigenvalue weighted by Gasteiger charge is -2.27. The third-order valence-corrected chi connectivity index (χ3v) is 5.48. The Balaban J connectivity index is 1.49. The molecule has 22 heavy (non-hydrogen) atoms. The molecule has 4 aliphatic rings. The van der Waals surface area contributed by atoms with Crippen LogP contribution in [0.25, 0.3) is 0 Å². The van der Waals surface area contributed by atoms with E-state index in [1.54, 1.807) is 13.0 Å². The van der Waals surface area contributed by atoms with Crippen LogP contribution in [0, 0.1) is 17.8 Å². The summed E-state index contributed by atoms with van der Waals surface area (Å²) < 4.78 is 16.1. The second-order valence-electron chi connectivity index (χ2n) is 6.75. The molecule has 5 heteroatoms. The Bertz CT molecular complexity index is 576. The van der Waals surface area contributed by atoms with Gasteiger partial charge in [-0.3, -0.25) is 0 Å². The largest absolute Gasteiger partial charge is 0.458 e. The fourth-order valence-corrected chi connectivity index (χ4v) is 4.38. The average Bonchev–Trinajstić information content (AvgIpc) is 3.10. The number of esters is 2. The van der Waals surface area contributed by atoms with Gasteiger partial charge in [-0.1, -0.05) is 19.3 Å². The van der Waals surface area contributed by atoms with Crippen LogP contribution in [0.3, 0.4) is 0 Å². The Morgan fingerprint density at radius 2 is 2.00 bits per heavy atom. The van der Waals surface area contributed by atoms with Crippen molar-refractivity contribution in [2.24, 2.45) is 17.8 Å². The highest BCUT2D eigenvalue weighted by Gasteiger charge is 2.53. The normalized spacial score (nSPS) is 41.8. The molecular weight excluding hydrogens is 284 g/mol. The standard InChI is InChI=1S/C17H20O5/c1-9-6-14(21-16(9)18)20-8-13-12-7-10-4-2-3-5-11(10)15(12)22-17(13)19/h6,8,10-12,14-15H,2-5,7H2,1H3. The first-order valence-corrected chi connectivity index (χ1v) is 8.09. The second kappa shape index (κ2) is 5.14. The second-order valence-corrected chi connectivity index (χ2v) is 6.75. The van der Waals surface area contributed by atoms with Crippen LogP contribution in [-0.4, -0.2) is 24.3 Å². The van der Waals surface area contributed by atoms with Crippen LogP contribution in [0.2, 0.25) is 0 Å². The Hall–Kier alpha value is -1.78. The zero-order valence-corrected chi connectivity index (χ0v) is 12.6. The molecule has 0 amide bonds. The molecule has 118 valence electrons. The van der Waals surface area contributed by atoms with Gasteiger partial charge in [0.1, 0.15) is 6.10 Å². The van der Waals surface area contributed by atoms with Gasteiger partial charge in [-0.05, 0) is 31.6 Å². The SMILES string of the molecule is CC1=CC(OC=C2C(=O)OC3C2CC2CCCCC23)OC1=O. The summed E-state index contributed by atoms with van der Waals surface area (Å²) in [5.41, 5.74) is 1.13. The molecule has 5 atom stereocenters. The van der Waals surface area contributed by atoms with Crippen LogP contribution in [0.15, 0.2) is 23.5 Å². The van der Waals surface area contributed by atoms with Crippen LogP contribution >= 0.6 is 0 Å². The van der Waals surface area contributed by atoms with E-state index in [4.69, 9.17) is 14.2 Å². The fraction of sp³-hybridized carbons (Fsp3) is 0.647. The first-order chi connectivity index (χ1) is 10.6. The van der Waals surface area contributed by atoms with Crippen molar-refractivity contribution in [3.63, 3.8) is 0 Å². The third kappa shape index (κ3) is 2.14. The molecule has 0 spiro atoms. The van der Waals surface area contributed by atoms with Crippen LogP contribution < -0.4 is 0 Å². The molecule has 2 aliphatic carbocycles. The van der Waals surface area contributed by atoms with Gasteiger partial charge >= 0.3 is 11.9 Å². The van der Waals surface area contributed by atoms with Crippen LogP contribution in [0.4, 0.5) is 0 Å². The monoisotopic (exact) mass is 304 g/mol. The van der Waals surface area contributed by atoms with Gasteiger partial charge in [0.2, 0.25) is 0 Å². The van der Waals surface area contributed by atoms with Crippen molar-refractivity contribution in [2.45, 2.75) is 51.4 Å². The zero-order valence-electron chi connectivity index (χ0n) is 12.6. The maximum Gasteiger partial charge on any atom is 0.337 e. The Labute approximate surface area is 129 Å². The molecule has 0 radical (unpaired) electrons. The number of rotatable bonds is 2. The van der Waals surface area contributed by atoms with Crippen LogP contribution in [-0.2, 0) is 23.8 Å². The summed E-state index contributed by atoms with van der Waals surface area (Å²) in [6, 6.07) is 0. The maximum absolute atomic E-state index is 12.1. The molecule has 1 saturated heterocycles. The predicted molar refractivity (Wildman–Crippen MR) is 76.2 cm³/mol. The summed E-state index contributed by atoms with van der Waals surface area (Å²) in [4.78, 5) is 23.4. The van der Waals surface area contributed by atoms with E-state index in [-0.39, 0.29) is 24.0 Å². The fourth-order valence-electron chi connectivity index (χ4n) is 4.38. The van der Waals surface area contributed by atoms with E-state index in [1.165, 1.54) is 25.5 Å². The summed E-state index contributed by atoms with van der Waals surface area (Å²) in [5.74, 6) is 0.681. The molecule has 4 rings (SSSR count). The van der Waals surface area contributed by atoms with Gasteiger partial charge in [-0.15, -0.1) is 0 Å². The van der Waals surface area contributed by atoms with Gasteiger partial charge in [-0.25, -0.2) is 9.59 Å². The highest BCUT2D eigenvalue weighted by atomic mass is 16.7. The number of hydrogen-bond donors (Lipinski definition) is 0. The third-order valence-electron chi connectivity index (χ3n) is 5.48. The van der Waals surface area contributed by atoms with E-state index >= 15 is 0 Å². The molecule has 0 bridgehead atoms. The lowest BCUT2D eigenvalue weighted by atomic mass is 9.81. The molecule has 3 fully saturated rings. The first-order valence-electron chi connectivity index (χ1n) is 8.09. The van der Waals surface area contributed by atoms with Crippen molar-refractivity contribution in [3.8, 4) is 0 Å². The van der Waals surface area contributed by atoms with E-state index in [9.17, 15) is 9.59 Å². The van der Waals surface area contributed by atoms with Gasteiger partial charge < -0.3 is 14.2 Å². The molecular formula is C17H20O5. The Morgan fingerprint density at radius 1 is 1.18 bits per heavy atom. The lowest BCUT2D eigenvalue weighted by Crippen LogP contribution is -2.25. The Morgan fingerprint density at radius 3 is 2.77 bits per heavy atom. The highest BCUT2D eigenvalue weighted by molar-refractivity contribution is 5.91. The molecule has 2 saturated carbocycles. The molecule has 5 unspecified atom stereocenters. The number of carbonyl (C=O) groups is 2. The topological polar surface area (TPSA) is 61.8 Å². The van der Waals surface area contributed by atoms with Gasteiger partial charge in [0, 0.05) is 17.6 Å². The summed E-state index contributed by atoms with van der Waals surface area (Å²) in [7, 11) is 0. The Kier molecular flexibility index (Phi) is 3.24. The van der Waals surface area contributed by atoms with E-state index in [0.29, 0.717) is 23.0 Å². The van der Waals surface area contributed by atoms with Crippen molar-refractivity contribution in [1.29, 1.82) is 0 Å². The summed E-state index contributed by atoms with van der Waals surface area (Å²) in [5, 5.41) is 0. The number of hydrogen-bond acceptors (Lipinski definition) is 5. The number of cyclic esters (lactones) is 1. The zero-order chi connectivity index (χ0) is 15.3. The van der Waals surface area contributed by atoms with Crippen molar-refractivity contribution >= 4 is 11.9 Å². The minimum atomic E-state index is -0.726. The van der Waals surface area contributed by atoms with E-state index in [2.05, 4.69) is 0 Å². The number of carbonyl (C=O) groups excluding carboxylic acids is 2. The summed E-state index contributed by atoms with van der Waals surface area (Å²) in [6.07, 6.45) is 8.30. The lowest BCUT2D eigenvalue weighted by molar-refractivity contribution is -0.152. The summed E-state index contributed by atoms with van der Waals surface area (Å²) in [6.45, 7) is 1.68. The van der Waals surface area contributed by atoms with Crippen molar-refractivity contribution < 1.29 is 23.8 Å². The minimum Gasteiger partial charge on any atom is -0.458 e. The van der Waals surface area contributed by atoms with E-state index in [0.717, 1.165) is 12.8 Å². The molecule has 5 nitrogen and oxygen atoms in total. The molecule has 2 heterocycles. The van der Waals surface area contributed by atoms with Gasteiger partial charge in [0.25, 0.3) is 6.29 Å². The summed E-state index contributed by atoms with van der Waals surface area (Å²) >= 11 is 0. The molecule has 0 aromatic heterocycles. The van der Waals surface area contributed by atoms with Crippen molar-refractivity contribution in [1.82, 2.24) is 0 Å². The van der Waals surface area contributed by atoms with E-state index in [1.807, 2.05) is 0 Å². The number of ether oxygens (including phenoxy) is 3. The van der Waals surface area contributed by atoms with Crippen LogP contribution in [0.1, 0.15) is 39.0 Å². The van der Waals surface area contributed by atoms with Gasteiger partial charge in [-0.2, -0.15) is 0 Å². The molecule has 0 N–H and O–H groups in total. The average molecular weight is 304 g/mol. The van der Waals surface area contributed by atoms with Crippen LogP contribution in [0.5, 0.6) is 0 Å². The maximum atomic E-state index is 12.1. The van der Waals surface area contributed by atoms with Gasteiger partial charge in [0.05, 0.1) is 11.8 Å². The van der Waals surface area contributed by atoms with Crippen molar-refractivity contribution in [3.05, 3.63) is 23.5 Å². The van der Waals surface area contributed by atoms with Gasteiger partial charge in [0.15, 0.2) is 0 Å². The van der Waals surface area contributed by atoms with E-state index < -0.39 is 6.29 Å².